The van der Waals surface area contributed by atoms with Crippen LogP contribution in [0.5, 0.6) is 0 Å². The summed E-state index contributed by atoms with van der Waals surface area (Å²) in [6, 6.07) is 24.5. The Hall–Kier alpha value is -2.62. The van der Waals surface area contributed by atoms with E-state index in [9.17, 15) is 10.5 Å². The van der Waals surface area contributed by atoms with Crippen molar-refractivity contribution in [1.82, 2.24) is 0 Å². The van der Waals surface area contributed by atoms with Gasteiger partial charge in [0.15, 0.2) is 5.41 Å². The summed E-state index contributed by atoms with van der Waals surface area (Å²) in [6.45, 7) is 0.444. The Bertz CT molecular complexity index is 798. The van der Waals surface area contributed by atoms with E-state index in [2.05, 4.69) is 12.1 Å². The van der Waals surface area contributed by atoms with E-state index in [0.29, 0.717) is 6.61 Å². The third kappa shape index (κ3) is 1.99. The zero-order chi connectivity index (χ0) is 16.6. The number of hydrogen-bond acceptors (Lipinski definition) is 3. The molecule has 2 aromatic carbocycles. The lowest BCUT2D eigenvalue weighted by molar-refractivity contribution is -0.147. The van der Waals surface area contributed by atoms with E-state index in [1.54, 1.807) is 0 Å². The van der Waals surface area contributed by atoms with E-state index in [1.165, 1.54) is 0 Å². The molecule has 2 atom stereocenters. The molecule has 2 saturated carbocycles. The smallest absolute Gasteiger partial charge is 0.177 e. The van der Waals surface area contributed by atoms with Crippen molar-refractivity contribution in [2.24, 2.45) is 10.8 Å². The lowest BCUT2D eigenvalue weighted by Crippen LogP contribution is -2.60. The topological polar surface area (TPSA) is 56.8 Å². The number of rotatable bonds is 4. The summed E-state index contributed by atoms with van der Waals surface area (Å²) in [7, 11) is 0. The van der Waals surface area contributed by atoms with Crippen LogP contribution in [0.1, 0.15) is 29.9 Å². The van der Waals surface area contributed by atoms with Crippen LogP contribution >= 0.6 is 0 Å². The minimum Gasteiger partial charge on any atom is -0.370 e. The first-order valence-corrected chi connectivity index (χ1v) is 8.30. The van der Waals surface area contributed by atoms with Crippen LogP contribution in [0.2, 0.25) is 0 Å². The van der Waals surface area contributed by atoms with E-state index in [1.807, 2.05) is 60.7 Å². The van der Waals surface area contributed by atoms with Gasteiger partial charge in [-0.05, 0) is 24.0 Å². The fourth-order valence-electron chi connectivity index (χ4n) is 4.37. The van der Waals surface area contributed by atoms with Crippen LogP contribution in [0.3, 0.4) is 0 Å². The van der Waals surface area contributed by atoms with Gasteiger partial charge < -0.3 is 4.74 Å². The molecule has 118 valence electrons. The van der Waals surface area contributed by atoms with Crippen molar-refractivity contribution in [1.29, 1.82) is 10.5 Å². The first kappa shape index (κ1) is 14.9. The fourth-order valence-corrected chi connectivity index (χ4v) is 4.37. The highest BCUT2D eigenvalue weighted by atomic mass is 16.5. The quantitative estimate of drug-likeness (QED) is 0.850. The van der Waals surface area contributed by atoms with Gasteiger partial charge in [-0.15, -0.1) is 0 Å². The normalized spacial score (nSPS) is 25.2. The second-order valence-electron chi connectivity index (χ2n) is 6.85. The van der Waals surface area contributed by atoms with E-state index >= 15 is 0 Å². The fraction of sp³-hybridized carbons (Fsp3) is 0.333. The van der Waals surface area contributed by atoms with Crippen molar-refractivity contribution >= 4 is 0 Å². The summed E-state index contributed by atoms with van der Waals surface area (Å²) in [5.74, 6) is -0.0537. The van der Waals surface area contributed by atoms with Crippen molar-refractivity contribution in [3.8, 4) is 12.1 Å². The van der Waals surface area contributed by atoms with Gasteiger partial charge in [0.2, 0.25) is 0 Å². The Morgan fingerprint density at radius 2 is 1.50 bits per heavy atom. The molecule has 0 radical (unpaired) electrons. The largest absolute Gasteiger partial charge is 0.370 e. The van der Waals surface area contributed by atoms with E-state index in [-0.39, 0.29) is 17.4 Å². The lowest BCUT2D eigenvalue weighted by atomic mass is 9.48. The molecular weight excluding hydrogens is 296 g/mol. The minimum atomic E-state index is -1.09. The maximum Gasteiger partial charge on any atom is 0.177 e. The van der Waals surface area contributed by atoms with Crippen LogP contribution in [0, 0.1) is 33.5 Å². The van der Waals surface area contributed by atoms with Crippen molar-refractivity contribution in [3.05, 3.63) is 71.8 Å². The molecule has 24 heavy (non-hydrogen) atoms. The van der Waals surface area contributed by atoms with Crippen molar-refractivity contribution in [2.75, 3.05) is 0 Å². The van der Waals surface area contributed by atoms with Gasteiger partial charge in [0, 0.05) is 11.3 Å². The monoisotopic (exact) mass is 314 g/mol. The molecular formula is C21H18N2O. The van der Waals surface area contributed by atoms with Gasteiger partial charge in [0.1, 0.15) is 0 Å². The highest BCUT2D eigenvalue weighted by molar-refractivity contribution is 5.46. The van der Waals surface area contributed by atoms with Gasteiger partial charge in [-0.2, -0.15) is 10.5 Å². The maximum atomic E-state index is 9.84. The Morgan fingerprint density at radius 3 is 2.04 bits per heavy atom. The molecule has 2 aliphatic rings. The lowest BCUT2D eigenvalue weighted by Gasteiger charge is -2.55. The summed E-state index contributed by atoms with van der Waals surface area (Å²) in [5.41, 5.74) is 1.02. The molecule has 3 heteroatoms. The molecule has 2 aliphatic carbocycles. The van der Waals surface area contributed by atoms with Gasteiger partial charge in [-0.25, -0.2) is 0 Å². The molecule has 0 unspecified atom stereocenters. The molecule has 2 aromatic rings. The van der Waals surface area contributed by atoms with Crippen LogP contribution < -0.4 is 0 Å². The average molecular weight is 314 g/mol. The van der Waals surface area contributed by atoms with Gasteiger partial charge in [-0.3, -0.25) is 0 Å². The van der Waals surface area contributed by atoms with Crippen molar-refractivity contribution < 1.29 is 4.74 Å². The number of nitrogens with zero attached hydrogens (tertiary/aromatic N) is 2. The maximum absolute atomic E-state index is 9.84. The zero-order valence-corrected chi connectivity index (χ0v) is 13.4. The van der Waals surface area contributed by atoms with E-state index in [0.717, 1.165) is 24.0 Å². The molecule has 0 heterocycles. The number of hydrogen-bond donors (Lipinski definition) is 0. The summed E-state index contributed by atoms with van der Waals surface area (Å²) < 4.78 is 6.15. The van der Waals surface area contributed by atoms with Crippen molar-refractivity contribution in [2.45, 2.75) is 31.5 Å². The Labute approximate surface area is 142 Å². The molecule has 0 saturated heterocycles. The summed E-state index contributed by atoms with van der Waals surface area (Å²) >= 11 is 0. The van der Waals surface area contributed by atoms with Crippen LogP contribution in [-0.4, -0.2) is 6.10 Å². The molecule has 0 amide bonds. The van der Waals surface area contributed by atoms with E-state index in [4.69, 9.17) is 4.74 Å². The third-order valence-corrected chi connectivity index (χ3v) is 5.56. The summed E-state index contributed by atoms with van der Waals surface area (Å²) in [6.07, 6.45) is 1.74. The van der Waals surface area contributed by atoms with Crippen molar-refractivity contribution in [3.63, 3.8) is 0 Å². The van der Waals surface area contributed by atoms with Crippen LogP contribution in [0.15, 0.2) is 60.7 Å². The van der Waals surface area contributed by atoms with E-state index < -0.39 is 5.41 Å². The van der Waals surface area contributed by atoms with Crippen LogP contribution in [0.25, 0.3) is 0 Å². The molecule has 1 spiro atoms. The zero-order valence-electron chi connectivity index (χ0n) is 13.4. The minimum absolute atomic E-state index is 0.0401. The van der Waals surface area contributed by atoms with Gasteiger partial charge in [-0.1, -0.05) is 60.7 Å². The van der Waals surface area contributed by atoms with Gasteiger partial charge in [0.25, 0.3) is 0 Å². The van der Waals surface area contributed by atoms with Gasteiger partial charge >= 0.3 is 0 Å². The highest BCUT2D eigenvalue weighted by Crippen LogP contribution is 2.76. The van der Waals surface area contributed by atoms with Gasteiger partial charge in [0.05, 0.1) is 24.8 Å². The molecule has 3 nitrogen and oxygen atoms in total. The first-order chi connectivity index (χ1) is 11.8. The third-order valence-electron chi connectivity index (χ3n) is 5.56. The molecule has 2 fully saturated rings. The second-order valence-corrected chi connectivity index (χ2v) is 6.85. The standard InChI is InChI=1S/C21H18N2O/c22-14-21(15-23)18(17-9-5-2-6-10-17)20(11-12-20)19(21)24-13-16-7-3-1-4-8-16/h1-10,18-19H,11-13H2/t18-,19-/m1/s1. The molecule has 0 aliphatic heterocycles. The first-order valence-electron chi connectivity index (χ1n) is 8.30. The highest BCUT2D eigenvalue weighted by Gasteiger charge is 2.78. The Kier molecular flexibility index (Phi) is 3.41. The predicted molar refractivity (Wildman–Crippen MR) is 89.5 cm³/mol. The molecule has 0 aromatic heterocycles. The SMILES string of the molecule is N#CC1(C#N)[C@H](OCc2ccccc2)C2(CC2)[C@H]1c1ccccc1. The molecule has 4 rings (SSSR count). The second kappa shape index (κ2) is 5.48. The summed E-state index contributed by atoms with van der Waals surface area (Å²) in [4.78, 5) is 0. The summed E-state index contributed by atoms with van der Waals surface area (Å²) in [5, 5.41) is 19.7. The Morgan fingerprint density at radius 1 is 0.917 bits per heavy atom. The number of nitriles is 2. The Balaban J connectivity index is 1.64. The van der Waals surface area contributed by atoms with Crippen LogP contribution in [-0.2, 0) is 11.3 Å². The number of benzene rings is 2. The number of ether oxygens (including phenoxy) is 1. The van der Waals surface area contributed by atoms with Crippen LogP contribution in [0.4, 0.5) is 0 Å². The average Bonchev–Trinajstić information content (AvgIpc) is 3.44. The predicted octanol–water partition coefficient (Wildman–Crippen LogP) is 4.18. The molecule has 0 N–H and O–H groups in total. The molecule has 0 bridgehead atoms.